The molecule has 29 heavy (non-hydrogen) atoms. The van der Waals surface area contributed by atoms with E-state index in [9.17, 15) is 13.9 Å². The van der Waals surface area contributed by atoms with Crippen molar-refractivity contribution in [1.82, 2.24) is 9.80 Å². The first-order chi connectivity index (χ1) is 13.5. The predicted octanol–water partition coefficient (Wildman–Crippen LogP) is 4.17. The van der Waals surface area contributed by atoms with E-state index >= 15 is 0 Å². The Labute approximate surface area is 178 Å². The van der Waals surface area contributed by atoms with E-state index in [-0.39, 0.29) is 18.3 Å². The van der Waals surface area contributed by atoms with Gasteiger partial charge in [0, 0.05) is 49.3 Å². The Kier molecular flexibility index (Phi) is 6.55. The Morgan fingerprint density at radius 2 is 1.76 bits per heavy atom. The number of piperazine rings is 1. The normalized spacial score (nSPS) is 18.7. The average molecular weight is 437 g/mol. The fourth-order valence-corrected chi connectivity index (χ4v) is 4.92. The zero-order valence-electron chi connectivity index (χ0n) is 16.2. The lowest BCUT2D eigenvalue weighted by Gasteiger charge is -2.35. The third-order valence-corrected chi connectivity index (χ3v) is 6.79. The SMILES string of the molecule is COc1ccc(CN2CCN(C(=O)c3cccc4c3C=CS4(O)O)CC2)cc1.Cl. The first-order valence-electron chi connectivity index (χ1n) is 9.22. The van der Waals surface area contributed by atoms with Crippen molar-refractivity contribution in [2.24, 2.45) is 0 Å². The van der Waals surface area contributed by atoms with Gasteiger partial charge in [-0.2, -0.15) is 0 Å². The van der Waals surface area contributed by atoms with Gasteiger partial charge in [-0.1, -0.05) is 18.2 Å². The molecule has 0 aromatic heterocycles. The number of methoxy groups -OCH3 is 1. The first-order valence-corrected chi connectivity index (χ1v) is 10.8. The average Bonchev–Trinajstić information content (AvgIpc) is 3.04. The van der Waals surface area contributed by atoms with Crippen molar-refractivity contribution in [3.63, 3.8) is 0 Å². The van der Waals surface area contributed by atoms with Gasteiger partial charge in [-0.15, -0.1) is 23.0 Å². The summed E-state index contributed by atoms with van der Waals surface area (Å²) in [6.45, 7) is 3.75. The van der Waals surface area contributed by atoms with E-state index in [1.54, 1.807) is 31.4 Å². The third kappa shape index (κ3) is 4.44. The molecule has 8 heteroatoms. The molecular weight excluding hydrogens is 412 g/mol. The summed E-state index contributed by atoms with van der Waals surface area (Å²) >= 11 is 0. The van der Waals surface area contributed by atoms with Crippen molar-refractivity contribution in [3.05, 3.63) is 64.6 Å². The zero-order chi connectivity index (χ0) is 19.7. The van der Waals surface area contributed by atoms with E-state index in [1.807, 2.05) is 17.0 Å². The molecule has 2 aromatic rings. The summed E-state index contributed by atoms with van der Waals surface area (Å²) in [5, 5.41) is 1.39. The van der Waals surface area contributed by atoms with Gasteiger partial charge in [0.05, 0.1) is 12.0 Å². The molecular formula is C21H25ClN2O4S. The highest BCUT2D eigenvalue weighted by Gasteiger charge is 2.29. The largest absolute Gasteiger partial charge is 0.497 e. The molecule has 0 unspecified atom stereocenters. The maximum Gasteiger partial charge on any atom is 0.254 e. The minimum absolute atomic E-state index is 0. The van der Waals surface area contributed by atoms with E-state index in [0.29, 0.717) is 29.1 Å². The van der Waals surface area contributed by atoms with E-state index < -0.39 is 10.6 Å². The molecule has 2 aliphatic heterocycles. The van der Waals surface area contributed by atoms with Crippen LogP contribution in [0.5, 0.6) is 5.75 Å². The highest BCUT2D eigenvalue weighted by Crippen LogP contribution is 2.56. The molecule has 1 saturated heterocycles. The van der Waals surface area contributed by atoms with E-state index in [0.717, 1.165) is 25.4 Å². The second-order valence-electron chi connectivity index (χ2n) is 7.03. The number of benzene rings is 2. The number of carbonyl (C=O) groups excluding carboxylic acids is 1. The molecule has 0 radical (unpaired) electrons. The molecule has 2 aromatic carbocycles. The molecule has 0 spiro atoms. The number of hydrogen-bond donors (Lipinski definition) is 2. The van der Waals surface area contributed by atoms with Crippen molar-refractivity contribution >= 4 is 35.0 Å². The lowest BCUT2D eigenvalue weighted by Crippen LogP contribution is -2.48. The number of carbonyl (C=O) groups is 1. The molecule has 0 bridgehead atoms. The minimum atomic E-state index is -2.91. The Hall–Kier alpha value is -2.03. The molecule has 0 atom stereocenters. The van der Waals surface area contributed by atoms with E-state index in [2.05, 4.69) is 17.0 Å². The minimum Gasteiger partial charge on any atom is -0.497 e. The lowest BCUT2D eigenvalue weighted by atomic mass is 10.1. The zero-order valence-corrected chi connectivity index (χ0v) is 17.8. The van der Waals surface area contributed by atoms with Crippen molar-refractivity contribution in [3.8, 4) is 5.75 Å². The van der Waals surface area contributed by atoms with Crippen LogP contribution in [0.4, 0.5) is 0 Å². The summed E-state index contributed by atoms with van der Waals surface area (Å²) in [5.41, 5.74) is 2.39. The molecule has 2 aliphatic rings. The van der Waals surface area contributed by atoms with Crippen LogP contribution in [0.1, 0.15) is 21.5 Å². The molecule has 0 saturated carbocycles. The Morgan fingerprint density at radius 1 is 1.07 bits per heavy atom. The fourth-order valence-electron chi connectivity index (χ4n) is 3.67. The number of rotatable bonds is 4. The van der Waals surface area contributed by atoms with Gasteiger partial charge in [-0.25, -0.2) is 0 Å². The van der Waals surface area contributed by atoms with E-state index in [4.69, 9.17) is 4.74 Å². The van der Waals surface area contributed by atoms with Crippen LogP contribution >= 0.6 is 23.0 Å². The van der Waals surface area contributed by atoms with Crippen LogP contribution in [-0.2, 0) is 6.54 Å². The molecule has 1 amide bonds. The van der Waals surface area contributed by atoms with Crippen molar-refractivity contribution < 1.29 is 18.6 Å². The highest BCUT2D eigenvalue weighted by atomic mass is 35.5. The Morgan fingerprint density at radius 3 is 2.41 bits per heavy atom. The smallest absolute Gasteiger partial charge is 0.254 e. The monoisotopic (exact) mass is 436 g/mol. The van der Waals surface area contributed by atoms with Crippen molar-refractivity contribution in [2.45, 2.75) is 11.4 Å². The summed E-state index contributed by atoms with van der Waals surface area (Å²) in [6, 6.07) is 13.2. The number of hydrogen-bond acceptors (Lipinski definition) is 5. The number of fused-ring (bicyclic) bond motifs is 1. The third-order valence-electron chi connectivity index (χ3n) is 5.27. The summed E-state index contributed by atoms with van der Waals surface area (Å²) in [5.74, 6) is 0.794. The second-order valence-corrected chi connectivity index (χ2v) is 8.93. The van der Waals surface area contributed by atoms with Crippen LogP contribution in [0.25, 0.3) is 6.08 Å². The fraction of sp³-hybridized carbons (Fsp3) is 0.286. The van der Waals surface area contributed by atoms with Crippen LogP contribution in [0, 0.1) is 0 Å². The van der Waals surface area contributed by atoms with Gasteiger partial charge in [0.1, 0.15) is 5.75 Å². The van der Waals surface area contributed by atoms with Crippen LogP contribution in [0.3, 0.4) is 0 Å². The summed E-state index contributed by atoms with van der Waals surface area (Å²) in [6.07, 6.45) is 1.65. The lowest BCUT2D eigenvalue weighted by molar-refractivity contribution is 0.0628. The van der Waals surface area contributed by atoms with Gasteiger partial charge >= 0.3 is 0 Å². The van der Waals surface area contributed by atoms with Crippen LogP contribution in [-0.4, -0.2) is 58.1 Å². The summed E-state index contributed by atoms with van der Waals surface area (Å²) in [7, 11) is -1.25. The first kappa shape index (κ1) is 21.7. The van der Waals surface area contributed by atoms with Gasteiger partial charge in [-0.05, 0) is 35.9 Å². The Balaban J connectivity index is 0.00000240. The quantitative estimate of drug-likeness (QED) is 0.752. The molecule has 6 nitrogen and oxygen atoms in total. The maximum atomic E-state index is 13.0. The topological polar surface area (TPSA) is 73.2 Å². The molecule has 0 aliphatic carbocycles. The number of nitrogens with zero attached hydrogens (tertiary/aromatic N) is 2. The van der Waals surface area contributed by atoms with Crippen LogP contribution in [0.2, 0.25) is 0 Å². The van der Waals surface area contributed by atoms with Gasteiger partial charge < -0.3 is 9.64 Å². The van der Waals surface area contributed by atoms with Gasteiger partial charge in [0.15, 0.2) is 0 Å². The predicted molar refractivity (Wildman–Crippen MR) is 118 cm³/mol. The summed E-state index contributed by atoms with van der Waals surface area (Å²) in [4.78, 5) is 17.6. The molecule has 2 N–H and O–H groups in total. The molecule has 2 heterocycles. The number of amides is 1. The summed E-state index contributed by atoms with van der Waals surface area (Å²) < 4.78 is 25.4. The van der Waals surface area contributed by atoms with Gasteiger partial charge in [-0.3, -0.25) is 18.8 Å². The van der Waals surface area contributed by atoms with Crippen LogP contribution < -0.4 is 4.74 Å². The van der Waals surface area contributed by atoms with Crippen molar-refractivity contribution in [2.75, 3.05) is 33.3 Å². The number of ether oxygens (including phenoxy) is 1. The Bertz CT molecular complexity index is 909. The maximum absolute atomic E-state index is 13.0. The molecule has 4 rings (SSSR count). The van der Waals surface area contributed by atoms with Crippen LogP contribution in [0.15, 0.2) is 52.8 Å². The number of halogens is 1. The molecule has 156 valence electrons. The van der Waals surface area contributed by atoms with Crippen molar-refractivity contribution in [1.29, 1.82) is 0 Å². The van der Waals surface area contributed by atoms with E-state index in [1.165, 1.54) is 11.0 Å². The van der Waals surface area contributed by atoms with Gasteiger partial charge in [0.2, 0.25) is 0 Å². The highest BCUT2D eigenvalue weighted by molar-refractivity contribution is 8.27. The second kappa shape index (κ2) is 8.77. The standard InChI is InChI=1S/C21H24N2O4S.ClH/c1-27-17-7-5-16(6-8-17)15-22-10-12-23(13-11-22)21(24)19-3-2-4-20-18(19)9-14-28(20,25)26;/h2-9,14,25-26H,10-13,15H2,1H3;1H. The van der Waals surface area contributed by atoms with Gasteiger partial charge in [0.25, 0.3) is 5.91 Å². The molecule has 1 fully saturated rings.